The van der Waals surface area contributed by atoms with Crippen LogP contribution in [0.2, 0.25) is 0 Å². The van der Waals surface area contributed by atoms with E-state index in [0.29, 0.717) is 53.8 Å². The van der Waals surface area contributed by atoms with E-state index in [1.165, 1.54) is 34.1 Å². The highest BCUT2D eigenvalue weighted by Crippen LogP contribution is 2.41. The van der Waals surface area contributed by atoms with Crippen molar-refractivity contribution in [3.05, 3.63) is 76.4 Å². The second kappa shape index (κ2) is 8.48. The van der Waals surface area contributed by atoms with Crippen LogP contribution < -0.4 is 4.90 Å². The highest BCUT2D eigenvalue weighted by Gasteiger charge is 2.33. The lowest BCUT2D eigenvalue weighted by Crippen LogP contribution is -2.48. The minimum atomic E-state index is -0.454. The van der Waals surface area contributed by atoms with E-state index in [0.717, 1.165) is 5.69 Å². The number of hydrogen-bond acceptors (Lipinski definition) is 6. The maximum absolute atomic E-state index is 14.9. The van der Waals surface area contributed by atoms with Crippen molar-refractivity contribution in [2.24, 2.45) is 0 Å². The predicted molar refractivity (Wildman–Crippen MR) is 120 cm³/mol. The number of aromatic hydroxyl groups is 1. The molecule has 1 atom stereocenters. The number of fused-ring (bicyclic) bond motifs is 1. The highest BCUT2D eigenvalue weighted by atomic mass is 32.1. The van der Waals surface area contributed by atoms with Crippen LogP contribution >= 0.6 is 11.3 Å². The van der Waals surface area contributed by atoms with E-state index >= 15 is 0 Å². The molecule has 0 aliphatic carbocycles. The normalized spacial score (nSPS) is 16.0. The lowest BCUT2D eigenvalue weighted by Gasteiger charge is -2.40. The van der Waals surface area contributed by atoms with Crippen molar-refractivity contribution in [2.45, 2.75) is 19.4 Å². The minimum absolute atomic E-state index is 0.00594. The molecular formula is C23H23F2N5OS. The van der Waals surface area contributed by atoms with Crippen LogP contribution in [-0.2, 0) is 6.42 Å². The molecule has 1 N–H and O–H groups in total. The summed E-state index contributed by atoms with van der Waals surface area (Å²) < 4.78 is 29.6. The number of aromatic nitrogens is 3. The van der Waals surface area contributed by atoms with Crippen LogP contribution in [0, 0.1) is 11.6 Å². The molecule has 3 heterocycles. The van der Waals surface area contributed by atoms with Gasteiger partial charge in [0, 0.05) is 43.9 Å². The number of halogens is 2. The molecule has 9 heteroatoms. The van der Waals surface area contributed by atoms with Gasteiger partial charge in [0.05, 0.1) is 10.9 Å². The number of aryl methyl sites for hydroxylation is 1. The number of hydrogen-bond donors (Lipinski definition) is 1. The standard InChI is InChI=1S/C23H23F2N5OS/c1-2-19-26-23-30(27-19)22(31)21(32-23)20(17-5-3-4-6-18(17)25)29-13-11-28(12-14-29)16-9-7-15(24)8-10-16/h3-10,20,31H,2,11-14H2,1H3/t20-/m1/s1. The van der Waals surface area contributed by atoms with Crippen LogP contribution in [0.3, 0.4) is 0 Å². The Labute approximate surface area is 188 Å². The fourth-order valence-electron chi connectivity index (χ4n) is 4.21. The first-order valence-electron chi connectivity index (χ1n) is 10.6. The van der Waals surface area contributed by atoms with E-state index in [1.54, 1.807) is 24.3 Å². The first-order chi connectivity index (χ1) is 15.5. The average Bonchev–Trinajstić information content (AvgIpc) is 3.35. The molecule has 0 amide bonds. The van der Waals surface area contributed by atoms with Crippen LogP contribution in [0.15, 0.2) is 48.5 Å². The average molecular weight is 456 g/mol. The molecule has 6 nitrogen and oxygen atoms in total. The Hall–Kier alpha value is -3.04. The summed E-state index contributed by atoms with van der Waals surface area (Å²) in [5, 5.41) is 15.4. The van der Waals surface area contributed by atoms with Crippen LogP contribution in [0.5, 0.6) is 5.88 Å². The lowest BCUT2D eigenvalue weighted by molar-refractivity contribution is 0.208. The summed E-state index contributed by atoms with van der Waals surface area (Å²) >= 11 is 1.34. The van der Waals surface area contributed by atoms with Gasteiger partial charge in [-0.1, -0.05) is 36.5 Å². The SMILES string of the molecule is CCc1nc2sc([C@@H](c3ccccc3F)N3CCN(c4ccc(F)cc4)CC3)c(O)n2n1. The van der Waals surface area contributed by atoms with Gasteiger partial charge in [0.15, 0.2) is 5.82 Å². The Balaban J connectivity index is 1.48. The zero-order valence-corrected chi connectivity index (χ0v) is 18.4. The Morgan fingerprint density at radius 1 is 1.03 bits per heavy atom. The predicted octanol–water partition coefficient (Wildman–Crippen LogP) is 4.25. The van der Waals surface area contributed by atoms with Gasteiger partial charge < -0.3 is 10.0 Å². The fourth-order valence-corrected chi connectivity index (χ4v) is 5.34. The number of piperazine rings is 1. The number of thiazole rings is 1. The quantitative estimate of drug-likeness (QED) is 0.488. The fraction of sp³-hybridized carbons (Fsp3) is 0.304. The van der Waals surface area contributed by atoms with Crippen LogP contribution in [0.4, 0.5) is 14.5 Å². The third-order valence-electron chi connectivity index (χ3n) is 5.88. The van der Waals surface area contributed by atoms with Crippen LogP contribution in [0.25, 0.3) is 4.96 Å². The van der Waals surface area contributed by atoms with E-state index < -0.39 is 6.04 Å². The van der Waals surface area contributed by atoms with Crippen molar-refractivity contribution in [1.29, 1.82) is 0 Å². The van der Waals surface area contributed by atoms with Crippen molar-refractivity contribution in [2.75, 3.05) is 31.1 Å². The molecule has 1 saturated heterocycles. The largest absolute Gasteiger partial charge is 0.492 e. The molecule has 32 heavy (non-hydrogen) atoms. The molecule has 0 bridgehead atoms. The van der Waals surface area contributed by atoms with Crippen molar-refractivity contribution >= 4 is 22.0 Å². The molecule has 0 saturated carbocycles. The Morgan fingerprint density at radius 2 is 1.75 bits per heavy atom. The molecule has 1 aliphatic heterocycles. The molecule has 0 spiro atoms. The second-order valence-electron chi connectivity index (χ2n) is 7.79. The van der Waals surface area contributed by atoms with Crippen molar-refractivity contribution < 1.29 is 13.9 Å². The molecule has 0 unspecified atom stereocenters. The van der Waals surface area contributed by atoms with Gasteiger partial charge >= 0.3 is 0 Å². The minimum Gasteiger partial charge on any atom is -0.492 e. The molecule has 5 rings (SSSR count). The van der Waals surface area contributed by atoms with E-state index in [2.05, 4.69) is 19.9 Å². The molecule has 0 radical (unpaired) electrons. The Morgan fingerprint density at radius 3 is 2.41 bits per heavy atom. The van der Waals surface area contributed by atoms with Gasteiger partial charge in [-0.25, -0.2) is 13.8 Å². The van der Waals surface area contributed by atoms with Gasteiger partial charge in [-0.2, -0.15) is 4.52 Å². The maximum Gasteiger partial charge on any atom is 0.230 e. The molecule has 4 aromatic rings. The molecule has 2 aromatic carbocycles. The molecule has 166 valence electrons. The van der Waals surface area contributed by atoms with E-state index in [4.69, 9.17) is 0 Å². The molecular weight excluding hydrogens is 432 g/mol. The molecule has 1 aliphatic rings. The monoisotopic (exact) mass is 455 g/mol. The summed E-state index contributed by atoms with van der Waals surface area (Å²) in [6, 6.07) is 12.7. The Bertz CT molecular complexity index is 1230. The smallest absolute Gasteiger partial charge is 0.230 e. The van der Waals surface area contributed by atoms with Gasteiger partial charge in [-0.3, -0.25) is 4.90 Å². The molecule has 2 aromatic heterocycles. The van der Waals surface area contributed by atoms with Gasteiger partial charge in [-0.05, 0) is 30.3 Å². The van der Waals surface area contributed by atoms with Crippen molar-refractivity contribution in [3.63, 3.8) is 0 Å². The van der Waals surface area contributed by atoms with E-state index in [1.807, 2.05) is 13.0 Å². The summed E-state index contributed by atoms with van der Waals surface area (Å²) in [6.07, 6.45) is 0.672. The number of rotatable bonds is 5. The summed E-state index contributed by atoms with van der Waals surface area (Å²) in [7, 11) is 0. The first-order valence-corrected chi connectivity index (χ1v) is 11.4. The lowest BCUT2D eigenvalue weighted by atomic mass is 10.0. The summed E-state index contributed by atoms with van der Waals surface area (Å²) in [5.41, 5.74) is 1.47. The number of anilines is 1. The summed E-state index contributed by atoms with van der Waals surface area (Å²) in [5.74, 6) is 0.0935. The van der Waals surface area contributed by atoms with E-state index in [9.17, 15) is 13.9 Å². The van der Waals surface area contributed by atoms with Crippen LogP contribution in [0.1, 0.15) is 29.2 Å². The topological polar surface area (TPSA) is 56.9 Å². The number of nitrogens with zero attached hydrogens (tertiary/aromatic N) is 5. The van der Waals surface area contributed by atoms with Gasteiger partial charge in [-0.15, -0.1) is 5.10 Å². The first kappa shape index (κ1) is 20.8. The van der Waals surface area contributed by atoms with Gasteiger partial charge in [0.1, 0.15) is 11.6 Å². The third-order valence-corrected chi connectivity index (χ3v) is 6.95. The summed E-state index contributed by atoms with van der Waals surface area (Å²) in [4.78, 5) is 10.1. The van der Waals surface area contributed by atoms with E-state index in [-0.39, 0.29) is 17.5 Å². The third kappa shape index (κ3) is 3.71. The van der Waals surface area contributed by atoms with Crippen LogP contribution in [-0.4, -0.2) is 50.8 Å². The zero-order chi connectivity index (χ0) is 22.2. The Kier molecular flexibility index (Phi) is 5.52. The second-order valence-corrected chi connectivity index (χ2v) is 8.80. The zero-order valence-electron chi connectivity index (χ0n) is 17.6. The number of benzene rings is 2. The van der Waals surface area contributed by atoms with Gasteiger partial charge in [0.2, 0.25) is 10.8 Å². The summed E-state index contributed by atoms with van der Waals surface area (Å²) in [6.45, 7) is 4.68. The van der Waals surface area contributed by atoms with Crippen molar-refractivity contribution in [3.8, 4) is 5.88 Å². The van der Waals surface area contributed by atoms with Gasteiger partial charge in [0.25, 0.3) is 0 Å². The van der Waals surface area contributed by atoms with Crippen molar-refractivity contribution in [1.82, 2.24) is 19.5 Å². The molecule has 1 fully saturated rings. The maximum atomic E-state index is 14.9. The highest BCUT2D eigenvalue weighted by molar-refractivity contribution is 7.17.